The molecule has 144 valence electrons. The lowest BCUT2D eigenvalue weighted by Crippen LogP contribution is -2.07. The van der Waals surface area contributed by atoms with E-state index >= 15 is 0 Å². The van der Waals surface area contributed by atoms with Crippen LogP contribution in [-0.4, -0.2) is 30.4 Å². The van der Waals surface area contributed by atoms with E-state index in [0.717, 1.165) is 31.3 Å². The maximum atomic E-state index is 12.0. The summed E-state index contributed by atoms with van der Waals surface area (Å²) < 4.78 is 22.0. The molecule has 0 aliphatic rings. The second-order valence-electron chi connectivity index (χ2n) is 6.33. The summed E-state index contributed by atoms with van der Waals surface area (Å²) in [6.07, 6.45) is 10.0. The highest BCUT2D eigenvalue weighted by Gasteiger charge is 2.32. The summed E-state index contributed by atoms with van der Waals surface area (Å²) in [5.41, 5.74) is 2.46. The lowest BCUT2D eigenvalue weighted by atomic mass is 10.1. The van der Waals surface area contributed by atoms with Gasteiger partial charge in [0.1, 0.15) is 6.35 Å². The predicted octanol–water partition coefficient (Wildman–Crippen LogP) is 6.37. The Hall–Kier alpha value is -1.16. The zero-order valence-corrected chi connectivity index (χ0v) is 17.1. The van der Waals surface area contributed by atoms with Crippen LogP contribution in [0.25, 0.3) is 0 Å². The number of rotatable bonds is 13. The van der Waals surface area contributed by atoms with Gasteiger partial charge in [-0.3, -0.25) is 4.57 Å². The Morgan fingerprint density at radius 2 is 1.56 bits per heavy atom. The Bertz CT molecular complexity index is 542. The van der Waals surface area contributed by atoms with Crippen LogP contribution >= 0.6 is 7.37 Å². The summed E-state index contributed by atoms with van der Waals surface area (Å²) in [6.45, 7) is 10.3. The van der Waals surface area contributed by atoms with E-state index in [1.165, 1.54) is 11.1 Å². The van der Waals surface area contributed by atoms with Crippen LogP contribution in [0.4, 0.5) is 4.79 Å². The molecular weight excluding hydrogens is 339 g/mol. The highest BCUT2D eigenvalue weighted by molar-refractivity contribution is 7.75. The molecule has 0 heterocycles. The van der Waals surface area contributed by atoms with E-state index in [1.54, 1.807) is 6.92 Å². The molecule has 1 N–H and O–H groups in total. The van der Waals surface area contributed by atoms with Crippen LogP contribution in [0.5, 0.6) is 0 Å². The average Bonchev–Trinajstić information content (AvgIpc) is 2.51. The summed E-state index contributed by atoms with van der Waals surface area (Å²) in [4.78, 5) is 11.0. The molecule has 0 rings (SSSR count). The first-order valence-electron chi connectivity index (χ1n) is 8.70. The van der Waals surface area contributed by atoms with Gasteiger partial charge in [0.05, 0.1) is 13.2 Å². The van der Waals surface area contributed by atoms with E-state index in [4.69, 9.17) is 14.4 Å². The molecule has 25 heavy (non-hydrogen) atoms. The molecule has 5 nitrogen and oxygen atoms in total. The molecule has 0 saturated carbocycles. The van der Waals surface area contributed by atoms with Gasteiger partial charge in [0.2, 0.25) is 0 Å². The van der Waals surface area contributed by atoms with E-state index in [1.807, 2.05) is 13.0 Å². The minimum Gasteiger partial charge on any atom is -0.474 e. The van der Waals surface area contributed by atoms with Crippen molar-refractivity contribution < 1.29 is 23.7 Å². The molecule has 0 fully saturated rings. The standard InChI is InChI=1S/C19H33O5P/c1-6-24-25(22,19(20)21)15-23-14-13-18(5)12-8-11-17(4)10-7-9-16(2)3/h9,11,13H,6-8,10,12,14-15H2,1-5H3,(H,20,21)/b17-11+,18-13+. The summed E-state index contributed by atoms with van der Waals surface area (Å²) in [5.74, 6) is 0. The molecule has 0 aromatic rings. The molecule has 1 unspecified atom stereocenters. The van der Waals surface area contributed by atoms with Crippen LogP contribution in [0.15, 0.2) is 34.9 Å². The average molecular weight is 372 g/mol. The van der Waals surface area contributed by atoms with Gasteiger partial charge in [-0.15, -0.1) is 0 Å². The molecule has 1 atom stereocenters. The minimum atomic E-state index is -3.75. The smallest absolute Gasteiger partial charge is 0.391 e. The molecule has 0 saturated heterocycles. The number of carboxylic acid groups (broad SMARTS) is 1. The molecule has 0 aliphatic carbocycles. The minimum absolute atomic E-state index is 0.0844. The van der Waals surface area contributed by atoms with E-state index in [-0.39, 0.29) is 13.2 Å². The zero-order chi connectivity index (χ0) is 19.3. The van der Waals surface area contributed by atoms with Gasteiger partial charge in [-0.05, 0) is 60.3 Å². The molecule has 0 aromatic heterocycles. The van der Waals surface area contributed by atoms with Crippen LogP contribution in [-0.2, 0) is 13.8 Å². The van der Waals surface area contributed by atoms with Gasteiger partial charge in [-0.2, -0.15) is 0 Å². The van der Waals surface area contributed by atoms with Gasteiger partial charge in [0.15, 0.2) is 0 Å². The van der Waals surface area contributed by atoms with Crippen molar-refractivity contribution in [1.82, 2.24) is 0 Å². The Morgan fingerprint density at radius 1 is 1.00 bits per heavy atom. The molecule has 0 spiro atoms. The molecule has 0 radical (unpaired) electrons. The highest BCUT2D eigenvalue weighted by Crippen LogP contribution is 2.47. The first-order chi connectivity index (χ1) is 11.7. The number of hydrogen-bond donors (Lipinski definition) is 1. The Balaban J connectivity index is 4.15. The third kappa shape index (κ3) is 11.9. The summed E-state index contributed by atoms with van der Waals surface area (Å²) in [6, 6.07) is 0. The molecule has 0 aromatic carbocycles. The molecule has 0 bridgehead atoms. The maximum Gasteiger partial charge on any atom is 0.391 e. The first-order valence-corrected chi connectivity index (χ1v) is 10.5. The number of hydrogen-bond acceptors (Lipinski definition) is 4. The summed E-state index contributed by atoms with van der Waals surface area (Å²) in [5, 5.41) is 8.94. The van der Waals surface area contributed by atoms with Crippen LogP contribution in [0.3, 0.4) is 0 Å². The summed E-state index contributed by atoms with van der Waals surface area (Å²) in [7, 11) is -3.75. The second kappa shape index (κ2) is 13.1. The molecule has 0 amide bonds. The van der Waals surface area contributed by atoms with Gasteiger partial charge >= 0.3 is 13.1 Å². The Morgan fingerprint density at radius 3 is 2.08 bits per heavy atom. The van der Waals surface area contributed by atoms with Crippen molar-refractivity contribution >= 4 is 13.1 Å². The largest absolute Gasteiger partial charge is 0.474 e. The number of ether oxygens (including phenoxy) is 1. The van der Waals surface area contributed by atoms with Crippen molar-refractivity contribution in [3.63, 3.8) is 0 Å². The van der Waals surface area contributed by atoms with E-state index in [9.17, 15) is 9.36 Å². The number of carbonyl (C=O) groups is 1. The lowest BCUT2D eigenvalue weighted by Gasteiger charge is -2.12. The van der Waals surface area contributed by atoms with Crippen LogP contribution in [0, 0.1) is 0 Å². The van der Waals surface area contributed by atoms with Gasteiger partial charge < -0.3 is 14.4 Å². The SMILES string of the molecule is CCOP(=O)(COC/C=C(\C)CC/C=C(\C)CCC=C(C)C)C(=O)O. The number of allylic oxidation sites excluding steroid dienone is 5. The summed E-state index contributed by atoms with van der Waals surface area (Å²) >= 11 is 0. The highest BCUT2D eigenvalue weighted by atomic mass is 31.2. The van der Waals surface area contributed by atoms with Gasteiger partial charge in [-0.25, -0.2) is 4.79 Å². The van der Waals surface area contributed by atoms with Crippen LogP contribution in [0.1, 0.15) is 60.3 Å². The maximum absolute atomic E-state index is 12.0. The fourth-order valence-electron chi connectivity index (χ4n) is 2.07. The van der Waals surface area contributed by atoms with Crippen molar-refractivity contribution in [1.29, 1.82) is 0 Å². The van der Waals surface area contributed by atoms with Gasteiger partial charge in [0, 0.05) is 0 Å². The third-order valence-electron chi connectivity index (χ3n) is 3.56. The van der Waals surface area contributed by atoms with Crippen molar-refractivity contribution in [2.45, 2.75) is 60.3 Å². The molecule has 6 heteroatoms. The third-order valence-corrected chi connectivity index (χ3v) is 5.34. The van der Waals surface area contributed by atoms with Crippen molar-refractivity contribution in [2.75, 3.05) is 19.6 Å². The van der Waals surface area contributed by atoms with Crippen LogP contribution in [0.2, 0.25) is 0 Å². The molecule has 0 aliphatic heterocycles. The second-order valence-corrected chi connectivity index (χ2v) is 8.58. The van der Waals surface area contributed by atoms with Crippen molar-refractivity contribution in [2.24, 2.45) is 0 Å². The fraction of sp³-hybridized carbons (Fsp3) is 0.632. The first kappa shape index (κ1) is 23.8. The van der Waals surface area contributed by atoms with Crippen LogP contribution < -0.4 is 0 Å². The predicted molar refractivity (Wildman–Crippen MR) is 103 cm³/mol. The van der Waals surface area contributed by atoms with Gasteiger partial charge in [0.25, 0.3) is 0 Å². The monoisotopic (exact) mass is 372 g/mol. The Labute approximate surface area is 152 Å². The van der Waals surface area contributed by atoms with E-state index in [2.05, 4.69) is 32.9 Å². The van der Waals surface area contributed by atoms with E-state index in [0.29, 0.717) is 0 Å². The Kier molecular flexibility index (Phi) is 12.5. The topological polar surface area (TPSA) is 72.8 Å². The zero-order valence-electron chi connectivity index (χ0n) is 16.2. The quantitative estimate of drug-likeness (QED) is 0.231. The van der Waals surface area contributed by atoms with Gasteiger partial charge in [-0.1, -0.05) is 34.9 Å². The molecular formula is C19H33O5P. The fourth-order valence-corrected chi connectivity index (χ4v) is 3.13. The normalized spacial score (nSPS) is 14.9. The van der Waals surface area contributed by atoms with Crippen molar-refractivity contribution in [3.8, 4) is 0 Å². The van der Waals surface area contributed by atoms with Crippen molar-refractivity contribution in [3.05, 3.63) is 34.9 Å². The van der Waals surface area contributed by atoms with E-state index < -0.39 is 19.4 Å². The lowest BCUT2D eigenvalue weighted by molar-refractivity contribution is 0.178.